The third-order valence-electron chi connectivity index (χ3n) is 3.32. The average Bonchev–Trinajstić information content (AvgIpc) is 2.74. The zero-order valence-corrected chi connectivity index (χ0v) is 18.9. The molecule has 0 saturated heterocycles. The summed E-state index contributed by atoms with van der Waals surface area (Å²) in [6.07, 6.45) is 5.13. The fourth-order valence-electron chi connectivity index (χ4n) is 2.20. The van der Waals surface area contributed by atoms with Gasteiger partial charge in [0.25, 0.3) is 0 Å². The molecule has 0 saturated carbocycles. The van der Waals surface area contributed by atoms with E-state index in [9.17, 15) is 0 Å². The monoisotopic (exact) mass is 540 g/mol. The molecule has 0 unspecified atom stereocenters. The first-order chi connectivity index (χ1) is 13.9. The smallest absolute Gasteiger partial charge is 0.759 e. The second-order valence-electron chi connectivity index (χ2n) is 5.36. The minimum absolute atomic E-state index is 0. The third kappa shape index (κ3) is 11.0. The summed E-state index contributed by atoms with van der Waals surface area (Å²) in [5, 5.41) is 0. The minimum Gasteiger partial charge on any atom is -0.759 e. The maximum Gasteiger partial charge on any atom is 2.00 e. The van der Waals surface area contributed by atoms with Crippen molar-refractivity contribution in [1.82, 2.24) is 29.9 Å². The van der Waals surface area contributed by atoms with E-state index in [0.717, 1.165) is 0 Å². The van der Waals surface area contributed by atoms with Crippen LogP contribution in [0.4, 0.5) is 0 Å². The van der Waals surface area contributed by atoms with E-state index >= 15 is 0 Å². The van der Waals surface area contributed by atoms with Crippen molar-refractivity contribution in [2.45, 2.75) is 0 Å². The van der Waals surface area contributed by atoms with Crippen molar-refractivity contribution in [3.63, 3.8) is 0 Å². The summed E-state index contributed by atoms with van der Waals surface area (Å²) in [5.41, 5.74) is 2.03. The van der Waals surface area contributed by atoms with Gasteiger partial charge >= 0.3 is 16.5 Å². The molecule has 16 heteroatoms. The Kier molecular flexibility index (Phi) is 16.9. The van der Waals surface area contributed by atoms with Crippen molar-refractivity contribution in [3.05, 3.63) is 73.2 Å². The average molecular weight is 541 g/mol. The fraction of sp³-hybridized carbons (Fsp3) is 0. The van der Waals surface area contributed by atoms with Crippen molar-refractivity contribution >= 4 is 10.4 Å². The SMILES string of the molecule is O.O.O=S(=O)([O-])[O-].[Ni+2].[OH3+].[OH3+].c1ccc(-c2nc(-c3ccccn3)nc(-c3ccccn3)n2)nc1. The van der Waals surface area contributed by atoms with Gasteiger partial charge in [-0.05, 0) is 36.4 Å². The van der Waals surface area contributed by atoms with Crippen molar-refractivity contribution in [2.75, 3.05) is 0 Å². The predicted octanol–water partition coefficient (Wildman–Crippen LogP) is -1.78. The summed E-state index contributed by atoms with van der Waals surface area (Å²) in [5.74, 6) is 1.48. The van der Waals surface area contributed by atoms with Gasteiger partial charge in [0.15, 0.2) is 17.5 Å². The second kappa shape index (κ2) is 16.3. The Balaban J connectivity index is -0.000000880. The van der Waals surface area contributed by atoms with Crippen LogP contribution in [0.15, 0.2) is 73.2 Å². The van der Waals surface area contributed by atoms with Gasteiger partial charge in [0, 0.05) is 29.0 Å². The molecule has 4 aromatic heterocycles. The predicted molar refractivity (Wildman–Crippen MR) is 117 cm³/mol. The van der Waals surface area contributed by atoms with Gasteiger partial charge in [-0.1, -0.05) is 18.2 Å². The zero-order chi connectivity index (χ0) is 20.7. The van der Waals surface area contributed by atoms with Crippen LogP contribution in [0.5, 0.6) is 0 Å². The van der Waals surface area contributed by atoms with Gasteiger partial charge in [-0.2, -0.15) is 0 Å². The molecule has 4 heterocycles. The molecule has 0 spiro atoms. The summed E-state index contributed by atoms with van der Waals surface area (Å²) >= 11 is 0. The molecule has 0 aliphatic heterocycles. The van der Waals surface area contributed by atoms with E-state index in [4.69, 9.17) is 17.5 Å². The maximum absolute atomic E-state index is 8.52. The van der Waals surface area contributed by atoms with Crippen molar-refractivity contribution in [2.24, 2.45) is 0 Å². The summed E-state index contributed by atoms with van der Waals surface area (Å²) in [4.78, 5) is 26.5. The third-order valence-corrected chi connectivity index (χ3v) is 3.32. The van der Waals surface area contributed by atoms with E-state index in [1.807, 2.05) is 54.6 Å². The van der Waals surface area contributed by atoms with Gasteiger partial charge in [-0.15, -0.1) is 0 Å². The Morgan fingerprint density at radius 1 is 0.559 bits per heavy atom. The Bertz CT molecular complexity index is 1050. The standard InChI is InChI=1S/C18H12N6.Ni.H2O4S.4H2O/c1-4-10-19-13(7-1)16-22-17(14-8-2-5-11-20-14)24-18(23-16)15-9-3-6-12-21-15;;1-5(2,3)4;;;;/h1-12H;;(H2,1,2,3,4);4*1H2/q;+2;;;;;. The van der Waals surface area contributed by atoms with E-state index in [-0.39, 0.29) is 38.4 Å². The molecule has 0 radical (unpaired) electrons. The van der Waals surface area contributed by atoms with Gasteiger partial charge < -0.3 is 31.0 Å². The van der Waals surface area contributed by atoms with Crippen LogP contribution in [-0.4, -0.2) is 58.4 Å². The number of nitrogens with zero attached hydrogens (tertiary/aromatic N) is 6. The Labute approximate surface area is 204 Å². The summed E-state index contributed by atoms with van der Waals surface area (Å²) < 4.78 is 34.1. The van der Waals surface area contributed by atoms with Gasteiger partial charge in [-0.25, -0.2) is 15.0 Å². The molecule has 14 nitrogen and oxygen atoms in total. The topological polar surface area (TPSA) is 287 Å². The minimum atomic E-state index is -5.17. The molecule has 0 aromatic carbocycles. The number of hydrogen-bond donors (Lipinski definition) is 0. The van der Waals surface area contributed by atoms with Gasteiger partial charge in [0.2, 0.25) is 0 Å². The van der Waals surface area contributed by atoms with E-state index < -0.39 is 10.4 Å². The Morgan fingerprint density at radius 3 is 0.971 bits per heavy atom. The van der Waals surface area contributed by atoms with E-state index in [2.05, 4.69) is 29.9 Å². The number of hydrogen-bond acceptors (Lipinski definition) is 10. The first-order valence-corrected chi connectivity index (χ1v) is 9.40. The molecule has 0 bridgehead atoms. The first kappa shape index (κ1) is 35.3. The van der Waals surface area contributed by atoms with Crippen LogP contribution in [0.2, 0.25) is 0 Å². The maximum atomic E-state index is 8.52. The fourth-order valence-corrected chi connectivity index (χ4v) is 2.20. The van der Waals surface area contributed by atoms with Crippen LogP contribution in [0.3, 0.4) is 0 Å². The van der Waals surface area contributed by atoms with Crippen LogP contribution in [0.1, 0.15) is 0 Å². The van der Waals surface area contributed by atoms with Gasteiger partial charge in [-0.3, -0.25) is 23.4 Å². The van der Waals surface area contributed by atoms with Crippen molar-refractivity contribution in [1.29, 1.82) is 0 Å². The van der Waals surface area contributed by atoms with E-state index in [1.54, 1.807) is 18.6 Å². The van der Waals surface area contributed by atoms with Crippen molar-refractivity contribution < 1.29 is 55.9 Å². The quantitative estimate of drug-likeness (QED) is 0.122. The van der Waals surface area contributed by atoms with E-state index in [1.165, 1.54) is 0 Å². The van der Waals surface area contributed by atoms with Crippen LogP contribution in [0.25, 0.3) is 34.6 Å². The van der Waals surface area contributed by atoms with Gasteiger partial charge in [0.05, 0.1) is 0 Å². The number of pyridine rings is 3. The first-order valence-electron chi connectivity index (χ1n) is 8.07. The van der Waals surface area contributed by atoms with Crippen LogP contribution < -0.4 is 0 Å². The molecule has 186 valence electrons. The Hall–Kier alpha value is -3.34. The number of rotatable bonds is 3. The molecular formula is C18H22N6NiO8S+2. The second-order valence-corrected chi connectivity index (χ2v) is 6.18. The molecule has 0 fully saturated rings. The molecule has 34 heavy (non-hydrogen) atoms. The molecule has 4 aromatic rings. The van der Waals surface area contributed by atoms with Gasteiger partial charge in [0.1, 0.15) is 17.1 Å². The largest absolute Gasteiger partial charge is 2.00 e. The molecule has 0 amide bonds. The summed E-state index contributed by atoms with van der Waals surface area (Å²) in [6.45, 7) is 0. The van der Waals surface area contributed by atoms with E-state index in [0.29, 0.717) is 34.6 Å². The molecule has 0 atom stereocenters. The van der Waals surface area contributed by atoms with Crippen LogP contribution in [-0.2, 0) is 37.8 Å². The normalized spacial score (nSPS) is 9.12. The molecule has 0 aliphatic carbocycles. The zero-order valence-electron chi connectivity index (χ0n) is 17.1. The molecule has 0 aliphatic rings. The molecule has 4 rings (SSSR count). The summed E-state index contributed by atoms with van der Waals surface area (Å²) in [6, 6.07) is 16.8. The summed E-state index contributed by atoms with van der Waals surface area (Å²) in [7, 11) is -5.17. The molecular weight excluding hydrogens is 519 g/mol. The van der Waals surface area contributed by atoms with Crippen LogP contribution >= 0.6 is 0 Å². The van der Waals surface area contributed by atoms with Crippen LogP contribution in [0, 0.1) is 0 Å². The number of aromatic nitrogens is 6. The molecule has 10 N–H and O–H groups in total. The Morgan fingerprint density at radius 2 is 0.794 bits per heavy atom. The van der Waals surface area contributed by atoms with Crippen molar-refractivity contribution in [3.8, 4) is 34.6 Å².